The summed E-state index contributed by atoms with van der Waals surface area (Å²) in [6.07, 6.45) is 1.30. The van der Waals surface area contributed by atoms with Crippen molar-refractivity contribution in [2.45, 2.75) is 0 Å². The maximum Gasteiger partial charge on any atom is 0.353 e. The summed E-state index contributed by atoms with van der Waals surface area (Å²) in [6.45, 7) is 0. The monoisotopic (exact) mass is 411 g/mol. The lowest BCUT2D eigenvalue weighted by Crippen LogP contribution is -2.32. The number of thiophene rings is 1. The number of rotatable bonds is 5. The van der Waals surface area contributed by atoms with Crippen LogP contribution in [-0.2, 0) is 9.59 Å². The Morgan fingerprint density at radius 2 is 1.72 bits per heavy atom. The standard InChI is InChI=1S/C20H14FN3O4S/c21-15-4-1-2-5-16(15)23-18(25)19(26)24-22-12-13-7-9-14(10-8-13)28-20(27)17-6-3-11-29-17/h1-12H,(H,23,25)(H,24,26). The fourth-order valence-corrected chi connectivity index (χ4v) is 2.73. The van der Waals surface area contributed by atoms with Crippen molar-refractivity contribution < 1.29 is 23.5 Å². The van der Waals surface area contributed by atoms with Gasteiger partial charge in [-0.25, -0.2) is 14.6 Å². The Bertz CT molecular complexity index is 1050. The van der Waals surface area contributed by atoms with Crippen molar-refractivity contribution in [2.24, 2.45) is 5.10 Å². The van der Waals surface area contributed by atoms with Crippen molar-refractivity contribution >= 4 is 41.0 Å². The zero-order valence-electron chi connectivity index (χ0n) is 14.8. The maximum absolute atomic E-state index is 13.5. The van der Waals surface area contributed by atoms with Crippen molar-refractivity contribution in [3.8, 4) is 5.75 Å². The molecule has 1 heterocycles. The van der Waals surface area contributed by atoms with E-state index in [4.69, 9.17) is 4.74 Å². The Balaban J connectivity index is 1.50. The van der Waals surface area contributed by atoms with E-state index in [0.29, 0.717) is 16.2 Å². The number of hydrogen-bond donors (Lipinski definition) is 2. The summed E-state index contributed by atoms with van der Waals surface area (Å²) >= 11 is 1.28. The van der Waals surface area contributed by atoms with Gasteiger partial charge in [0.05, 0.1) is 11.9 Å². The molecule has 3 rings (SSSR count). The number of benzene rings is 2. The predicted molar refractivity (Wildman–Crippen MR) is 106 cm³/mol. The van der Waals surface area contributed by atoms with Gasteiger partial charge in [-0.2, -0.15) is 5.10 Å². The number of carbonyl (C=O) groups excluding carboxylic acids is 3. The van der Waals surface area contributed by atoms with Gasteiger partial charge < -0.3 is 10.1 Å². The zero-order chi connectivity index (χ0) is 20.6. The predicted octanol–water partition coefficient (Wildman–Crippen LogP) is 3.20. The number of halogens is 1. The Morgan fingerprint density at radius 3 is 2.41 bits per heavy atom. The quantitative estimate of drug-likeness (QED) is 0.222. The Hall–Kier alpha value is -3.85. The summed E-state index contributed by atoms with van der Waals surface area (Å²) < 4.78 is 18.7. The molecule has 0 radical (unpaired) electrons. The number of hydrazone groups is 1. The van der Waals surface area contributed by atoms with Crippen LogP contribution in [0.5, 0.6) is 5.75 Å². The molecule has 7 nitrogen and oxygen atoms in total. The van der Waals surface area contributed by atoms with E-state index in [1.165, 1.54) is 35.8 Å². The molecule has 0 saturated heterocycles. The van der Waals surface area contributed by atoms with Crippen LogP contribution < -0.4 is 15.5 Å². The first-order chi connectivity index (χ1) is 14.0. The highest BCUT2D eigenvalue weighted by atomic mass is 32.1. The number of esters is 1. The van der Waals surface area contributed by atoms with Crippen molar-refractivity contribution in [3.05, 3.63) is 82.3 Å². The van der Waals surface area contributed by atoms with Gasteiger partial charge in [0.25, 0.3) is 0 Å². The lowest BCUT2D eigenvalue weighted by atomic mass is 10.2. The molecule has 9 heteroatoms. The number of para-hydroxylation sites is 1. The van der Waals surface area contributed by atoms with E-state index in [-0.39, 0.29) is 5.69 Å². The molecule has 3 aromatic rings. The number of nitrogens with zero attached hydrogens (tertiary/aromatic N) is 1. The average molecular weight is 411 g/mol. The van der Waals surface area contributed by atoms with E-state index in [9.17, 15) is 18.8 Å². The summed E-state index contributed by atoms with van der Waals surface area (Å²) in [5.74, 6) is -2.85. The van der Waals surface area contributed by atoms with E-state index in [1.54, 1.807) is 41.8 Å². The third-order valence-corrected chi connectivity index (χ3v) is 4.37. The normalized spacial score (nSPS) is 10.5. The van der Waals surface area contributed by atoms with E-state index < -0.39 is 23.6 Å². The summed E-state index contributed by atoms with van der Waals surface area (Å²) in [7, 11) is 0. The molecule has 0 atom stereocenters. The van der Waals surface area contributed by atoms with Crippen LogP contribution in [0, 0.1) is 5.82 Å². The number of anilines is 1. The molecule has 0 spiro atoms. The van der Waals surface area contributed by atoms with Gasteiger partial charge in [-0.15, -0.1) is 11.3 Å². The molecule has 0 aliphatic heterocycles. The van der Waals surface area contributed by atoms with Crippen LogP contribution in [-0.4, -0.2) is 24.0 Å². The van der Waals surface area contributed by atoms with E-state index in [0.717, 1.165) is 6.07 Å². The van der Waals surface area contributed by atoms with Crippen molar-refractivity contribution in [1.29, 1.82) is 0 Å². The lowest BCUT2D eigenvalue weighted by molar-refractivity contribution is -0.136. The Labute approximate surface area is 168 Å². The van der Waals surface area contributed by atoms with Crippen molar-refractivity contribution in [1.82, 2.24) is 5.43 Å². The summed E-state index contributed by atoms with van der Waals surface area (Å²) in [5, 5.41) is 7.60. The summed E-state index contributed by atoms with van der Waals surface area (Å²) in [4.78, 5) is 35.8. The minimum Gasteiger partial charge on any atom is -0.422 e. The molecule has 0 unspecified atom stereocenters. The van der Waals surface area contributed by atoms with Gasteiger partial charge in [-0.1, -0.05) is 18.2 Å². The summed E-state index contributed by atoms with van der Waals surface area (Å²) in [6, 6.07) is 15.3. The van der Waals surface area contributed by atoms with Gasteiger partial charge in [0.15, 0.2) is 0 Å². The molecule has 1 aromatic heterocycles. The van der Waals surface area contributed by atoms with Crippen LogP contribution in [0.15, 0.2) is 71.1 Å². The Kier molecular flexibility index (Phi) is 6.43. The fraction of sp³-hybridized carbons (Fsp3) is 0. The van der Waals surface area contributed by atoms with E-state index >= 15 is 0 Å². The first-order valence-corrected chi connectivity index (χ1v) is 9.15. The van der Waals surface area contributed by atoms with Gasteiger partial charge >= 0.3 is 17.8 Å². The zero-order valence-corrected chi connectivity index (χ0v) is 15.6. The molecule has 0 fully saturated rings. The average Bonchev–Trinajstić information content (AvgIpc) is 3.26. The second kappa shape index (κ2) is 9.38. The maximum atomic E-state index is 13.5. The third kappa shape index (κ3) is 5.56. The number of hydrogen-bond acceptors (Lipinski definition) is 6. The second-order valence-electron chi connectivity index (χ2n) is 5.57. The number of ether oxygens (including phenoxy) is 1. The number of amides is 2. The highest BCUT2D eigenvalue weighted by Crippen LogP contribution is 2.16. The molecule has 0 saturated carbocycles. The van der Waals surface area contributed by atoms with Crippen LogP contribution >= 0.6 is 11.3 Å². The van der Waals surface area contributed by atoms with E-state index in [2.05, 4.69) is 10.4 Å². The fourth-order valence-electron chi connectivity index (χ4n) is 2.13. The number of nitrogens with one attached hydrogen (secondary N) is 2. The van der Waals surface area contributed by atoms with Gasteiger partial charge in [0.1, 0.15) is 16.4 Å². The second-order valence-corrected chi connectivity index (χ2v) is 6.52. The topological polar surface area (TPSA) is 96.9 Å². The van der Waals surface area contributed by atoms with Gasteiger partial charge in [0, 0.05) is 0 Å². The molecule has 2 aromatic carbocycles. The molecule has 146 valence electrons. The van der Waals surface area contributed by atoms with Crippen molar-refractivity contribution in [2.75, 3.05) is 5.32 Å². The Morgan fingerprint density at radius 1 is 0.966 bits per heavy atom. The molecule has 0 bridgehead atoms. The van der Waals surface area contributed by atoms with Crippen LogP contribution in [0.3, 0.4) is 0 Å². The highest BCUT2D eigenvalue weighted by molar-refractivity contribution is 7.12. The minimum absolute atomic E-state index is 0.107. The van der Waals surface area contributed by atoms with Crippen LogP contribution in [0.4, 0.5) is 10.1 Å². The smallest absolute Gasteiger partial charge is 0.353 e. The molecular formula is C20H14FN3O4S. The van der Waals surface area contributed by atoms with Gasteiger partial charge in [-0.3, -0.25) is 9.59 Å². The van der Waals surface area contributed by atoms with Crippen molar-refractivity contribution in [3.63, 3.8) is 0 Å². The van der Waals surface area contributed by atoms with Gasteiger partial charge in [0.2, 0.25) is 0 Å². The summed E-state index contributed by atoms with van der Waals surface area (Å²) in [5.41, 5.74) is 2.53. The van der Waals surface area contributed by atoms with Crippen LogP contribution in [0.2, 0.25) is 0 Å². The third-order valence-electron chi connectivity index (χ3n) is 3.52. The van der Waals surface area contributed by atoms with E-state index in [1.807, 2.05) is 5.43 Å². The largest absolute Gasteiger partial charge is 0.422 e. The molecule has 2 amide bonds. The van der Waals surface area contributed by atoms with Crippen LogP contribution in [0.1, 0.15) is 15.2 Å². The molecule has 2 N–H and O–H groups in total. The molecule has 0 aliphatic rings. The molecule has 29 heavy (non-hydrogen) atoms. The lowest BCUT2D eigenvalue weighted by Gasteiger charge is -2.04. The SMILES string of the molecule is O=C(NN=Cc1ccc(OC(=O)c2cccs2)cc1)C(=O)Nc1ccccc1F. The molecule has 0 aliphatic carbocycles. The number of carbonyl (C=O) groups is 3. The first-order valence-electron chi connectivity index (χ1n) is 8.27. The minimum atomic E-state index is -1.05. The molecular weight excluding hydrogens is 397 g/mol. The van der Waals surface area contributed by atoms with Crippen LogP contribution in [0.25, 0.3) is 0 Å². The first kappa shape index (κ1) is 19.9. The highest BCUT2D eigenvalue weighted by Gasteiger charge is 2.14. The van der Waals surface area contributed by atoms with Gasteiger partial charge in [-0.05, 0) is 53.4 Å².